The van der Waals surface area contributed by atoms with E-state index in [2.05, 4.69) is 48.6 Å². The van der Waals surface area contributed by atoms with E-state index in [1.165, 1.54) is 0 Å². The SMILES string of the molecule is CC1S[C@@H]2C(NC(=O)Cc3ccccc3)C(=O)N2C(C(=O)OC(c2ccccc2)c2ccccc2)=C1[P+](c1ccccc1)(c1ccccc1)c1ccccc1.[I-]. The average molecular weight is 887 g/mol. The fraction of sp³-hybridized carbons (Fsp3) is 0.128. The highest BCUT2D eigenvalue weighted by Crippen LogP contribution is 2.68. The van der Waals surface area contributed by atoms with Gasteiger partial charge in [-0.05, 0) is 60.0 Å². The van der Waals surface area contributed by atoms with Gasteiger partial charge in [-0.25, -0.2) is 4.79 Å². The number of hydrogen-bond donors (Lipinski definition) is 1. The zero-order valence-corrected chi connectivity index (χ0v) is 34.5. The number of β-lactam (4-membered cyclic amide) rings is 1. The maximum absolute atomic E-state index is 15.4. The van der Waals surface area contributed by atoms with Gasteiger partial charge in [0.15, 0.2) is 11.8 Å². The number of thioether (sulfide) groups is 1. The number of esters is 1. The lowest BCUT2D eigenvalue weighted by molar-refractivity contribution is -0.154. The molecule has 6 aromatic carbocycles. The normalized spacial score (nSPS) is 17.6. The summed E-state index contributed by atoms with van der Waals surface area (Å²) >= 11 is 1.60. The highest BCUT2D eigenvalue weighted by molar-refractivity contribution is 8.04. The first-order valence-corrected chi connectivity index (χ1v) is 21.1. The summed E-state index contributed by atoms with van der Waals surface area (Å²) in [6, 6.07) is 59.0. The van der Waals surface area contributed by atoms with Gasteiger partial charge in [0.05, 0.1) is 11.7 Å². The predicted octanol–water partition coefficient (Wildman–Crippen LogP) is 4.56. The first-order chi connectivity index (χ1) is 27.0. The molecule has 1 fully saturated rings. The molecule has 6 aromatic rings. The van der Waals surface area contributed by atoms with Crippen molar-refractivity contribution in [3.05, 3.63) is 210 Å². The van der Waals surface area contributed by atoms with Gasteiger partial charge < -0.3 is 34.0 Å². The summed E-state index contributed by atoms with van der Waals surface area (Å²) in [5.74, 6) is -1.16. The summed E-state index contributed by atoms with van der Waals surface area (Å²) in [5.41, 5.74) is 2.73. The maximum atomic E-state index is 15.4. The molecule has 2 aliphatic rings. The summed E-state index contributed by atoms with van der Waals surface area (Å²) in [6.07, 6.45) is -0.587. The Morgan fingerprint density at radius 2 is 1.07 bits per heavy atom. The van der Waals surface area contributed by atoms with E-state index in [0.717, 1.165) is 37.9 Å². The van der Waals surface area contributed by atoms with Gasteiger partial charge in [0.1, 0.15) is 39.9 Å². The third kappa shape index (κ3) is 7.46. The van der Waals surface area contributed by atoms with Gasteiger partial charge in [-0.15, -0.1) is 11.8 Å². The van der Waals surface area contributed by atoms with E-state index in [1.54, 1.807) is 16.7 Å². The Kier molecular flexibility index (Phi) is 12.2. The van der Waals surface area contributed by atoms with Gasteiger partial charge in [0.25, 0.3) is 5.91 Å². The first-order valence-electron chi connectivity index (χ1n) is 18.4. The molecule has 0 saturated carbocycles. The zero-order valence-electron chi connectivity index (χ0n) is 30.7. The van der Waals surface area contributed by atoms with Crippen molar-refractivity contribution in [2.45, 2.75) is 36.1 Å². The molecule has 6 nitrogen and oxygen atoms in total. The lowest BCUT2D eigenvalue weighted by atomic mass is 10.0. The van der Waals surface area contributed by atoms with Crippen LogP contribution in [0.4, 0.5) is 0 Å². The first kappa shape index (κ1) is 39.2. The Balaban J connectivity index is 0.00000480. The number of nitrogens with zero attached hydrogens (tertiary/aromatic N) is 1. The van der Waals surface area contributed by atoms with Crippen molar-refractivity contribution in [3.63, 3.8) is 0 Å². The molecule has 0 radical (unpaired) electrons. The number of halogens is 1. The number of amides is 2. The van der Waals surface area contributed by atoms with Crippen LogP contribution in [0.2, 0.25) is 0 Å². The average Bonchev–Trinajstić information content (AvgIpc) is 3.24. The summed E-state index contributed by atoms with van der Waals surface area (Å²) < 4.78 is 6.67. The standard InChI is InChI=1S/C47H39N2O4PS.HI/c1-33-44(54(37-26-14-5-15-27-37,38-28-16-6-17-29-38)39-30-18-7-19-31-39)42(47(52)53-43(35-22-10-3-11-23-35)36-24-12-4-13-25-36)49-45(51)41(46(49)55-33)48-40(50)32-34-20-8-2-9-21-34;/h2-31,33,41,43,46H,32H2,1H3;1H/t33?,41?,46-;/m1./s1. The topological polar surface area (TPSA) is 75.7 Å². The van der Waals surface area contributed by atoms with Crippen molar-refractivity contribution >= 4 is 52.7 Å². The Bertz CT molecular complexity index is 2180. The number of nitrogens with one attached hydrogen (secondary N) is 1. The Morgan fingerprint density at radius 3 is 1.52 bits per heavy atom. The largest absolute Gasteiger partial charge is 1.00 e. The number of rotatable bonds is 11. The minimum Gasteiger partial charge on any atom is -1.00 e. The van der Waals surface area contributed by atoms with Gasteiger partial charge in [0, 0.05) is 0 Å². The molecule has 0 aromatic heterocycles. The molecule has 0 bridgehead atoms. The smallest absolute Gasteiger partial charge is 0.359 e. The van der Waals surface area contributed by atoms with E-state index in [-0.39, 0.29) is 53.2 Å². The fourth-order valence-corrected chi connectivity index (χ4v) is 14.4. The second kappa shape index (κ2) is 17.4. The Hall–Kier alpha value is -5.02. The molecule has 2 aliphatic heterocycles. The summed E-state index contributed by atoms with van der Waals surface area (Å²) in [6.45, 7) is 2.12. The Labute approximate surface area is 349 Å². The van der Waals surface area contributed by atoms with Crippen LogP contribution in [0, 0.1) is 0 Å². The van der Waals surface area contributed by atoms with Crippen molar-refractivity contribution in [3.8, 4) is 0 Å². The lowest BCUT2D eigenvalue weighted by Crippen LogP contribution is -3.00. The molecule has 2 amide bonds. The number of hydrogen-bond acceptors (Lipinski definition) is 5. The molecular formula is C47H40IN2O4PS. The summed E-state index contributed by atoms with van der Waals surface area (Å²) in [4.78, 5) is 45.0. The quantitative estimate of drug-likeness (QED) is 0.0896. The van der Waals surface area contributed by atoms with Gasteiger partial charge in [0.2, 0.25) is 5.91 Å². The molecule has 9 heteroatoms. The highest BCUT2D eigenvalue weighted by atomic mass is 127. The van der Waals surface area contributed by atoms with E-state index in [9.17, 15) is 9.59 Å². The molecular weight excluding hydrogens is 846 g/mol. The van der Waals surface area contributed by atoms with E-state index >= 15 is 4.79 Å². The van der Waals surface area contributed by atoms with Crippen molar-refractivity contribution in [1.82, 2.24) is 10.2 Å². The molecule has 280 valence electrons. The van der Waals surface area contributed by atoms with E-state index in [1.807, 2.05) is 146 Å². The zero-order chi connectivity index (χ0) is 37.8. The van der Waals surface area contributed by atoms with Crippen LogP contribution in [0.3, 0.4) is 0 Å². The monoisotopic (exact) mass is 886 g/mol. The Morgan fingerprint density at radius 1 is 0.661 bits per heavy atom. The third-order valence-electron chi connectivity index (χ3n) is 10.2. The van der Waals surface area contributed by atoms with Crippen LogP contribution in [0.15, 0.2) is 193 Å². The van der Waals surface area contributed by atoms with Crippen molar-refractivity contribution in [2.24, 2.45) is 0 Å². The molecule has 0 aliphatic carbocycles. The minimum atomic E-state index is -2.86. The van der Waals surface area contributed by atoms with E-state index < -0.39 is 30.8 Å². The number of carbonyl (C=O) groups is 3. The van der Waals surface area contributed by atoms with Crippen LogP contribution in [0.25, 0.3) is 0 Å². The second-order valence-corrected chi connectivity index (χ2v) is 18.4. The van der Waals surface area contributed by atoms with Crippen LogP contribution < -0.4 is 45.2 Å². The van der Waals surface area contributed by atoms with Gasteiger partial charge in [-0.1, -0.05) is 146 Å². The van der Waals surface area contributed by atoms with Crippen molar-refractivity contribution in [2.75, 3.05) is 0 Å². The van der Waals surface area contributed by atoms with Crippen molar-refractivity contribution in [1.29, 1.82) is 0 Å². The third-order valence-corrected chi connectivity index (χ3v) is 16.3. The van der Waals surface area contributed by atoms with Crippen LogP contribution in [-0.2, 0) is 25.5 Å². The molecule has 0 spiro atoms. The summed E-state index contributed by atoms with van der Waals surface area (Å²) in [5, 5.41) is 6.27. The second-order valence-electron chi connectivity index (χ2n) is 13.6. The van der Waals surface area contributed by atoms with E-state index in [4.69, 9.17) is 4.74 Å². The molecule has 1 N–H and O–H groups in total. The molecule has 8 rings (SSSR count). The number of ether oxygens (including phenoxy) is 1. The maximum Gasteiger partial charge on any atom is 0.359 e. The molecule has 2 unspecified atom stereocenters. The van der Waals surface area contributed by atoms with Crippen LogP contribution in [-0.4, -0.2) is 39.3 Å². The van der Waals surface area contributed by atoms with Crippen LogP contribution in [0.1, 0.15) is 29.7 Å². The fourth-order valence-electron chi connectivity index (χ4n) is 7.77. The molecule has 3 atom stereocenters. The van der Waals surface area contributed by atoms with Gasteiger partial charge in [-0.3, -0.25) is 14.5 Å². The number of benzene rings is 6. The minimum absolute atomic E-state index is 0. The molecule has 2 heterocycles. The summed E-state index contributed by atoms with van der Waals surface area (Å²) in [7, 11) is -2.86. The molecule has 1 saturated heterocycles. The highest BCUT2D eigenvalue weighted by Gasteiger charge is 2.63. The number of carbonyl (C=O) groups excluding carboxylic acids is 3. The van der Waals surface area contributed by atoms with Crippen molar-refractivity contribution < 1.29 is 43.1 Å². The van der Waals surface area contributed by atoms with Crippen LogP contribution >= 0.6 is 19.0 Å². The lowest BCUT2D eigenvalue weighted by Gasteiger charge is -2.52. The van der Waals surface area contributed by atoms with E-state index in [0.29, 0.717) is 0 Å². The predicted molar refractivity (Wildman–Crippen MR) is 223 cm³/mol. The molecule has 56 heavy (non-hydrogen) atoms. The van der Waals surface area contributed by atoms with Crippen LogP contribution in [0.5, 0.6) is 0 Å². The number of fused-ring (bicyclic) bond motifs is 1. The van der Waals surface area contributed by atoms with Gasteiger partial charge >= 0.3 is 5.97 Å². The van der Waals surface area contributed by atoms with Gasteiger partial charge in [-0.2, -0.15) is 0 Å².